The lowest BCUT2D eigenvalue weighted by atomic mass is 9.96. The van der Waals surface area contributed by atoms with Crippen LogP contribution in [0.3, 0.4) is 0 Å². The summed E-state index contributed by atoms with van der Waals surface area (Å²) in [6.45, 7) is 5.51. The standard InChI is InChI=1S/C23H26N6O2/c1-15-12-28(14-24-15)21-5-4-18(10-22(21)30-3)26-20-11-19(17-6-8-31-9-7-17)27-29-13-16(2)25-23(20)29/h4-5,10-14,17,26H,6-9H2,1-3H3. The van der Waals surface area contributed by atoms with Gasteiger partial charge in [0.1, 0.15) is 5.75 Å². The molecule has 8 nitrogen and oxygen atoms in total. The topological polar surface area (TPSA) is 78.5 Å². The lowest BCUT2D eigenvalue weighted by molar-refractivity contribution is 0.0843. The van der Waals surface area contributed by atoms with E-state index < -0.39 is 0 Å². The van der Waals surface area contributed by atoms with Crippen LogP contribution in [0.1, 0.15) is 35.8 Å². The van der Waals surface area contributed by atoms with Crippen LogP contribution in [0.2, 0.25) is 0 Å². The highest BCUT2D eigenvalue weighted by atomic mass is 16.5. The van der Waals surface area contributed by atoms with Gasteiger partial charge in [-0.3, -0.25) is 0 Å². The van der Waals surface area contributed by atoms with Crippen molar-refractivity contribution in [2.24, 2.45) is 0 Å². The SMILES string of the molecule is COc1cc(Nc2cc(C3CCOCC3)nn3cc(C)nc23)ccc1-n1cnc(C)c1. The molecule has 0 atom stereocenters. The molecule has 160 valence electrons. The summed E-state index contributed by atoms with van der Waals surface area (Å²) in [6.07, 6.45) is 7.70. The first-order valence-electron chi connectivity index (χ1n) is 10.5. The lowest BCUT2D eigenvalue weighted by Gasteiger charge is -2.22. The van der Waals surface area contributed by atoms with Crippen LogP contribution in [0, 0.1) is 13.8 Å². The molecular weight excluding hydrogens is 392 g/mol. The van der Waals surface area contributed by atoms with Crippen LogP contribution in [-0.2, 0) is 4.74 Å². The Morgan fingerprint density at radius 3 is 2.68 bits per heavy atom. The Morgan fingerprint density at radius 2 is 1.94 bits per heavy atom. The molecule has 1 aliphatic heterocycles. The summed E-state index contributed by atoms with van der Waals surface area (Å²) < 4.78 is 15.0. The molecule has 4 heterocycles. The van der Waals surface area contributed by atoms with Crippen molar-refractivity contribution in [3.05, 3.63) is 60.1 Å². The summed E-state index contributed by atoms with van der Waals surface area (Å²) in [4.78, 5) is 8.99. The molecule has 1 fully saturated rings. The lowest BCUT2D eigenvalue weighted by Crippen LogP contribution is -2.16. The van der Waals surface area contributed by atoms with E-state index in [4.69, 9.17) is 14.6 Å². The third kappa shape index (κ3) is 3.86. The maximum Gasteiger partial charge on any atom is 0.177 e. The fourth-order valence-corrected chi connectivity index (χ4v) is 4.07. The Labute approximate surface area is 180 Å². The van der Waals surface area contributed by atoms with Crippen LogP contribution in [0.4, 0.5) is 11.4 Å². The summed E-state index contributed by atoms with van der Waals surface area (Å²) in [5.74, 6) is 1.15. The van der Waals surface area contributed by atoms with Gasteiger partial charge in [0.05, 0.1) is 48.1 Å². The van der Waals surface area contributed by atoms with Crippen molar-refractivity contribution in [1.82, 2.24) is 24.1 Å². The van der Waals surface area contributed by atoms with Crippen LogP contribution < -0.4 is 10.1 Å². The number of aromatic nitrogens is 5. The van der Waals surface area contributed by atoms with Crippen LogP contribution in [0.15, 0.2) is 43.0 Å². The highest BCUT2D eigenvalue weighted by molar-refractivity contribution is 5.75. The normalized spacial score (nSPS) is 14.8. The van der Waals surface area contributed by atoms with Crippen LogP contribution in [0.5, 0.6) is 5.75 Å². The van der Waals surface area contributed by atoms with Gasteiger partial charge >= 0.3 is 0 Å². The molecule has 0 saturated carbocycles. The number of hydrogen-bond donors (Lipinski definition) is 1. The van der Waals surface area contributed by atoms with E-state index in [0.717, 1.165) is 71.6 Å². The molecule has 4 aromatic rings. The Balaban J connectivity index is 1.52. The maximum atomic E-state index is 5.66. The van der Waals surface area contributed by atoms with Gasteiger partial charge in [-0.1, -0.05) is 0 Å². The number of nitrogens with one attached hydrogen (secondary N) is 1. The molecule has 31 heavy (non-hydrogen) atoms. The van der Waals surface area contributed by atoms with Crippen LogP contribution in [-0.4, -0.2) is 44.5 Å². The predicted octanol–water partition coefficient (Wildman–Crippen LogP) is 4.18. The molecule has 3 aromatic heterocycles. The molecule has 0 amide bonds. The highest BCUT2D eigenvalue weighted by Gasteiger charge is 2.20. The summed E-state index contributed by atoms with van der Waals surface area (Å²) in [5.41, 5.74) is 6.55. The van der Waals surface area contributed by atoms with Crippen LogP contribution in [0.25, 0.3) is 11.3 Å². The largest absolute Gasteiger partial charge is 0.494 e. The van der Waals surface area contributed by atoms with Gasteiger partial charge < -0.3 is 19.4 Å². The summed E-state index contributed by atoms with van der Waals surface area (Å²) in [7, 11) is 1.68. The average molecular weight is 419 g/mol. The fourth-order valence-electron chi connectivity index (χ4n) is 4.07. The smallest absolute Gasteiger partial charge is 0.177 e. The minimum absolute atomic E-state index is 0.391. The number of nitrogens with zero attached hydrogens (tertiary/aromatic N) is 5. The number of aryl methyl sites for hydroxylation is 2. The zero-order valence-corrected chi connectivity index (χ0v) is 18.0. The van der Waals surface area contributed by atoms with E-state index in [1.54, 1.807) is 13.4 Å². The number of anilines is 2. The summed E-state index contributed by atoms with van der Waals surface area (Å²) in [5, 5.41) is 8.37. The van der Waals surface area contributed by atoms with Crippen molar-refractivity contribution in [1.29, 1.82) is 0 Å². The van der Waals surface area contributed by atoms with Gasteiger partial charge in [0.2, 0.25) is 0 Å². The third-order valence-electron chi connectivity index (χ3n) is 5.65. The molecule has 1 saturated heterocycles. The Kier molecular flexibility index (Phi) is 5.07. The van der Waals surface area contributed by atoms with E-state index in [1.165, 1.54) is 0 Å². The molecule has 0 aliphatic carbocycles. The average Bonchev–Trinajstić information content (AvgIpc) is 3.39. The first-order chi connectivity index (χ1) is 15.1. The quantitative estimate of drug-likeness (QED) is 0.524. The van der Waals surface area contributed by atoms with Crippen molar-refractivity contribution >= 4 is 17.0 Å². The molecule has 8 heteroatoms. The zero-order chi connectivity index (χ0) is 21.4. The van der Waals surface area contributed by atoms with Gasteiger partial charge in [0, 0.05) is 37.1 Å². The van der Waals surface area contributed by atoms with Gasteiger partial charge in [0.15, 0.2) is 5.65 Å². The molecule has 0 bridgehead atoms. The van der Waals surface area contributed by atoms with E-state index in [2.05, 4.69) is 21.4 Å². The minimum atomic E-state index is 0.391. The molecule has 1 aromatic carbocycles. The maximum absolute atomic E-state index is 5.66. The van der Waals surface area contributed by atoms with Gasteiger partial charge in [-0.2, -0.15) is 5.10 Å². The van der Waals surface area contributed by atoms with Gasteiger partial charge in [-0.25, -0.2) is 14.5 Å². The fraction of sp³-hybridized carbons (Fsp3) is 0.348. The molecule has 0 spiro atoms. The number of fused-ring (bicyclic) bond motifs is 1. The number of rotatable bonds is 5. The second-order valence-electron chi connectivity index (χ2n) is 7.95. The molecule has 0 unspecified atom stereocenters. The number of imidazole rings is 2. The van der Waals surface area contributed by atoms with Gasteiger partial charge in [0.25, 0.3) is 0 Å². The van der Waals surface area contributed by atoms with Crippen LogP contribution >= 0.6 is 0 Å². The molecule has 5 rings (SSSR count). The van der Waals surface area contributed by atoms with Crippen molar-refractivity contribution in [3.8, 4) is 11.4 Å². The molecule has 0 radical (unpaired) electrons. The zero-order valence-electron chi connectivity index (χ0n) is 18.0. The molecular formula is C23H26N6O2. The molecule has 1 N–H and O–H groups in total. The summed E-state index contributed by atoms with van der Waals surface area (Å²) in [6, 6.07) is 8.17. The van der Waals surface area contributed by atoms with Crippen molar-refractivity contribution in [2.45, 2.75) is 32.6 Å². The Hall–Kier alpha value is -3.39. The van der Waals surface area contributed by atoms with E-state index in [9.17, 15) is 0 Å². The minimum Gasteiger partial charge on any atom is -0.494 e. The van der Waals surface area contributed by atoms with Crippen molar-refractivity contribution in [3.63, 3.8) is 0 Å². The van der Waals surface area contributed by atoms with Crippen molar-refractivity contribution in [2.75, 3.05) is 25.6 Å². The second kappa shape index (κ2) is 8.03. The first kappa shape index (κ1) is 19.6. The van der Waals surface area contributed by atoms with Gasteiger partial charge in [-0.05, 0) is 44.9 Å². The number of ether oxygens (including phenoxy) is 2. The predicted molar refractivity (Wildman–Crippen MR) is 119 cm³/mol. The second-order valence-corrected chi connectivity index (χ2v) is 7.95. The van der Waals surface area contributed by atoms with E-state index in [1.807, 2.05) is 53.5 Å². The van der Waals surface area contributed by atoms with Crippen molar-refractivity contribution < 1.29 is 9.47 Å². The Morgan fingerprint density at radius 1 is 1.10 bits per heavy atom. The highest BCUT2D eigenvalue weighted by Crippen LogP contribution is 2.32. The molecule has 1 aliphatic rings. The van der Waals surface area contributed by atoms with E-state index in [-0.39, 0.29) is 0 Å². The third-order valence-corrected chi connectivity index (χ3v) is 5.65. The van der Waals surface area contributed by atoms with Gasteiger partial charge in [-0.15, -0.1) is 0 Å². The number of benzene rings is 1. The Bertz CT molecular complexity index is 1220. The van der Waals surface area contributed by atoms with E-state index >= 15 is 0 Å². The van der Waals surface area contributed by atoms with E-state index in [0.29, 0.717) is 5.92 Å². The monoisotopic (exact) mass is 418 g/mol. The number of methoxy groups -OCH3 is 1. The first-order valence-corrected chi connectivity index (χ1v) is 10.5. The summed E-state index contributed by atoms with van der Waals surface area (Å²) >= 11 is 0. The number of hydrogen-bond acceptors (Lipinski definition) is 6.